The minimum atomic E-state index is 0.535. The molecule has 0 N–H and O–H groups in total. The lowest BCUT2D eigenvalue weighted by molar-refractivity contribution is 0.482. The predicted octanol–water partition coefficient (Wildman–Crippen LogP) is 5.56. The molecule has 0 unspecified atom stereocenters. The van der Waals surface area contributed by atoms with Gasteiger partial charge in [-0.15, -0.1) is 0 Å². The SMILES string of the molecule is Cc1cc(Cl)cc(Oc2ccc(C(C)C)cc2)c1. The molecule has 2 aromatic rings. The minimum Gasteiger partial charge on any atom is -0.457 e. The van der Waals surface area contributed by atoms with Crippen molar-refractivity contribution in [2.75, 3.05) is 0 Å². The maximum atomic E-state index is 6.00. The van der Waals surface area contributed by atoms with Gasteiger partial charge in [-0.25, -0.2) is 0 Å². The molecule has 0 aliphatic carbocycles. The summed E-state index contributed by atoms with van der Waals surface area (Å²) in [5.41, 5.74) is 2.40. The van der Waals surface area contributed by atoms with E-state index in [-0.39, 0.29) is 0 Å². The number of rotatable bonds is 3. The number of benzene rings is 2. The van der Waals surface area contributed by atoms with E-state index in [0.29, 0.717) is 10.9 Å². The second kappa shape index (κ2) is 5.45. The lowest BCUT2D eigenvalue weighted by atomic mass is 10.0. The van der Waals surface area contributed by atoms with E-state index in [4.69, 9.17) is 16.3 Å². The van der Waals surface area contributed by atoms with Gasteiger partial charge in [0.2, 0.25) is 0 Å². The highest BCUT2D eigenvalue weighted by Gasteiger charge is 2.02. The van der Waals surface area contributed by atoms with Gasteiger partial charge in [-0.2, -0.15) is 0 Å². The molecule has 1 nitrogen and oxygen atoms in total. The van der Waals surface area contributed by atoms with E-state index in [9.17, 15) is 0 Å². The first-order valence-corrected chi connectivity index (χ1v) is 6.47. The first-order valence-electron chi connectivity index (χ1n) is 6.09. The van der Waals surface area contributed by atoms with E-state index >= 15 is 0 Å². The van der Waals surface area contributed by atoms with Crippen LogP contribution in [0.2, 0.25) is 5.02 Å². The maximum absolute atomic E-state index is 6.00. The molecule has 0 atom stereocenters. The largest absolute Gasteiger partial charge is 0.457 e. The second-order valence-electron chi connectivity index (χ2n) is 4.79. The smallest absolute Gasteiger partial charge is 0.129 e. The highest BCUT2D eigenvalue weighted by molar-refractivity contribution is 6.30. The van der Waals surface area contributed by atoms with E-state index in [1.54, 1.807) is 0 Å². The molecule has 2 aromatic carbocycles. The molecule has 94 valence electrons. The van der Waals surface area contributed by atoms with Crippen LogP contribution in [0, 0.1) is 6.92 Å². The highest BCUT2D eigenvalue weighted by Crippen LogP contribution is 2.27. The molecular formula is C16H17ClO. The Bertz CT molecular complexity index is 509. The van der Waals surface area contributed by atoms with Crippen LogP contribution in [-0.2, 0) is 0 Å². The van der Waals surface area contributed by atoms with Crippen LogP contribution in [0.25, 0.3) is 0 Å². The molecule has 0 saturated carbocycles. The highest BCUT2D eigenvalue weighted by atomic mass is 35.5. The van der Waals surface area contributed by atoms with Crippen LogP contribution < -0.4 is 4.74 Å². The van der Waals surface area contributed by atoms with Crippen molar-refractivity contribution in [2.24, 2.45) is 0 Å². The summed E-state index contributed by atoms with van der Waals surface area (Å²) in [7, 11) is 0. The Labute approximate surface area is 113 Å². The third-order valence-electron chi connectivity index (χ3n) is 2.80. The van der Waals surface area contributed by atoms with Crippen molar-refractivity contribution in [1.29, 1.82) is 0 Å². The van der Waals surface area contributed by atoms with Gasteiger partial charge in [0.1, 0.15) is 11.5 Å². The molecule has 2 heteroatoms. The van der Waals surface area contributed by atoms with Crippen molar-refractivity contribution in [3.8, 4) is 11.5 Å². The molecule has 18 heavy (non-hydrogen) atoms. The Kier molecular flexibility index (Phi) is 3.93. The number of aryl methyl sites for hydroxylation is 1. The molecule has 0 spiro atoms. The van der Waals surface area contributed by atoms with Gasteiger partial charge in [-0.3, -0.25) is 0 Å². The second-order valence-corrected chi connectivity index (χ2v) is 5.23. The van der Waals surface area contributed by atoms with Crippen molar-refractivity contribution in [1.82, 2.24) is 0 Å². The Morgan fingerprint density at radius 2 is 1.61 bits per heavy atom. The number of hydrogen-bond acceptors (Lipinski definition) is 1. The van der Waals surface area contributed by atoms with Crippen molar-refractivity contribution < 1.29 is 4.74 Å². The van der Waals surface area contributed by atoms with Crippen LogP contribution in [0.3, 0.4) is 0 Å². The summed E-state index contributed by atoms with van der Waals surface area (Å²) in [6.45, 7) is 6.35. The lowest BCUT2D eigenvalue weighted by Gasteiger charge is -2.09. The van der Waals surface area contributed by atoms with Crippen molar-refractivity contribution in [3.05, 3.63) is 58.6 Å². The Morgan fingerprint density at radius 1 is 0.944 bits per heavy atom. The molecule has 0 heterocycles. The molecule has 0 bridgehead atoms. The first-order chi connectivity index (χ1) is 8.54. The molecule has 0 fully saturated rings. The van der Waals surface area contributed by atoms with Crippen LogP contribution in [0.15, 0.2) is 42.5 Å². The standard InChI is InChI=1S/C16H17ClO/c1-11(2)13-4-6-15(7-5-13)18-16-9-12(3)8-14(17)10-16/h4-11H,1-3H3. The first kappa shape index (κ1) is 13.0. The van der Waals surface area contributed by atoms with Crippen molar-refractivity contribution in [2.45, 2.75) is 26.7 Å². The number of halogens is 1. The van der Waals surface area contributed by atoms with Crippen molar-refractivity contribution in [3.63, 3.8) is 0 Å². The molecule has 0 amide bonds. The minimum absolute atomic E-state index is 0.535. The zero-order chi connectivity index (χ0) is 13.1. The number of hydrogen-bond donors (Lipinski definition) is 0. The van der Waals surface area contributed by atoms with Gasteiger partial charge in [0.15, 0.2) is 0 Å². The summed E-state index contributed by atoms with van der Waals surface area (Å²) in [4.78, 5) is 0. The summed E-state index contributed by atoms with van der Waals surface area (Å²) in [6.07, 6.45) is 0. The maximum Gasteiger partial charge on any atom is 0.129 e. The van der Waals surface area contributed by atoms with Crippen LogP contribution in [-0.4, -0.2) is 0 Å². The Hall–Kier alpha value is -1.47. The van der Waals surface area contributed by atoms with E-state index in [1.807, 2.05) is 37.3 Å². The van der Waals surface area contributed by atoms with Gasteiger partial charge >= 0.3 is 0 Å². The van der Waals surface area contributed by atoms with Crippen LogP contribution in [0.5, 0.6) is 11.5 Å². The summed E-state index contributed by atoms with van der Waals surface area (Å²) in [6, 6.07) is 13.9. The van der Waals surface area contributed by atoms with E-state index in [2.05, 4.69) is 26.0 Å². The molecule has 0 aliphatic heterocycles. The van der Waals surface area contributed by atoms with E-state index in [1.165, 1.54) is 5.56 Å². The van der Waals surface area contributed by atoms with Gasteiger partial charge in [0.25, 0.3) is 0 Å². The van der Waals surface area contributed by atoms with Gasteiger partial charge in [-0.05, 0) is 54.3 Å². The van der Waals surface area contributed by atoms with Crippen LogP contribution in [0.1, 0.15) is 30.9 Å². The third-order valence-corrected chi connectivity index (χ3v) is 3.02. The summed E-state index contributed by atoms with van der Waals surface area (Å²) < 4.78 is 5.79. The fraction of sp³-hybridized carbons (Fsp3) is 0.250. The Balaban J connectivity index is 2.18. The summed E-state index contributed by atoms with van der Waals surface area (Å²) in [5.74, 6) is 2.14. The van der Waals surface area contributed by atoms with E-state index < -0.39 is 0 Å². The molecule has 2 rings (SSSR count). The Morgan fingerprint density at radius 3 is 2.17 bits per heavy atom. The van der Waals surface area contributed by atoms with Gasteiger partial charge < -0.3 is 4.74 Å². The average Bonchev–Trinajstić information content (AvgIpc) is 2.28. The van der Waals surface area contributed by atoms with Gasteiger partial charge in [0, 0.05) is 5.02 Å². The third kappa shape index (κ3) is 3.27. The quantitative estimate of drug-likeness (QED) is 0.702. The normalized spacial score (nSPS) is 10.7. The lowest BCUT2D eigenvalue weighted by Crippen LogP contribution is -1.88. The molecule has 0 aliphatic rings. The average molecular weight is 261 g/mol. The topological polar surface area (TPSA) is 9.23 Å². The predicted molar refractivity (Wildman–Crippen MR) is 76.8 cm³/mol. The van der Waals surface area contributed by atoms with Gasteiger partial charge in [-0.1, -0.05) is 37.6 Å². The molecule has 0 aromatic heterocycles. The zero-order valence-corrected chi connectivity index (χ0v) is 11.7. The summed E-state index contributed by atoms with van der Waals surface area (Å²) in [5, 5.41) is 0.698. The van der Waals surface area contributed by atoms with Gasteiger partial charge in [0.05, 0.1) is 0 Å². The number of ether oxygens (including phenoxy) is 1. The molecule has 0 saturated heterocycles. The van der Waals surface area contributed by atoms with E-state index in [0.717, 1.165) is 17.1 Å². The fourth-order valence-electron chi connectivity index (χ4n) is 1.82. The summed E-state index contributed by atoms with van der Waals surface area (Å²) >= 11 is 6.00. The van der Waals surface area contributed by atoms with Crippen LogP contribution in [0.4, 0.5) is 0 Å². The molecule has 0 radical (unpaired) electrons. The monoisotopic (exact) mass is 260 g/mol. The fourth-order valence-corrected chi connectivity index (χ4v) is 2.10. The molecular weight excluding hydrogens is 244 g/mol. The van der Waals surface area contributed by atoms with Crippen molar-refractivity contribution >= 4 is 11.6 Å². The van der Waals surface area contributed by atoms with Crippen LogP contribution >= 0.6 is 11.6 Å². The zero-order valence-electron chi connectivity index (χ0n) is 10.9.